The molecule has 0 amide bonds. The number of nitrogens with zero attached hydrogens (tertiary/aromatic N) is 1. The molecule has 9 heteroatoms. The molecule has 1 aromatic heterocycles. The molecule has 6 nitrogen and oxygen atoms in total. The number of benzene rings is 2. The lowest BCUT2D eigenvalue weighted by Crippen LogP contribution is -2.13. The van der Waals surface area contributed by atoms with Crippen molar-refractivity contribution in [2.45, 2.75) is 24.8 Å². The molecule has 2 aromatic carbocycles. The number of fused-ring (bicyclic) bond motifs is 1. The van der Waals surface area contributed by atoms with Crippen molar-refractivity contribution < 1.29 is 23.1 Å². The molecule has 0 aliphatic heterocycles. The van der Waals surface area contributed by atoms with Crippen LogP contribution in [0.2, 0.25) is 10.0 Å². The Morgan fingerprint density at radius 2 is 1.90 bits per heavy atom. The zero-order valence-corrected chi connectivity index (χ0v) is 18.6. The van der Waals surface area contributed by atoms with Crippen LogP contribution in [0.15, 0.2) is 47.4 Å². The summed E-state index contributed by atoms with van der Waals surface area (Å²) in [5.74, 6) is -0.734. The van der Waals surface area contributed by atoms with Gasteiger partial charge < -0.3 is 14.4 Å². The van der Waals surface area contributed by atoms with Crippen molar-refractivity contribution in [2.24, 2.45) is 0 Å². The third-order valence-electron chi connectivity index (χ3n) is 4.62. The molecule has 3 rings (SSSR count). The second-order valence-corrected chi connectivity index (χ2v) is 9.56. The first-order chi connectivity index (χ1) is 14.3. The number of rotatable bonds is 8. The molecule has 1 N–H and O–H groups in total. The van der Waals surface area contributed by atoms with Crippen LogP contribution in [0.4, 0.5) is 0 Å². The van der Waals surface area contributed by atoms with Gasteiger partial charge in [0.2, 0.25) is 0 Å². The maximum absolute atomic E-state index is 12.8. The number of sulfone groups is 1. The topological polar surface area (TPSA) is 85.6 Å². The van der Waals surface area contributed by atoms with Crippen molar-refractivity contribution in [2.75, 3.05) is 19.0 Å². The van der Waals surface area contributed by atoms with Gasteiger partial charge in [-0.25, -0.2) is 13.2 Å². The Kier molecular flexibility index (Phi) is 7.08. The lowest BCUT2D eigenvalue weighted by molar-refractivity contribution is 0.0515. The maximum atomic E-state index is 12.8. The number of halogens is 2. The molecular formula is C21H21Cl2NO5S. The molecule has 160 valence electrons. The number of hydrogen-bond donors (Lipinski definition) is 1. The predicted molar refractivity (Wildman–Crippen MR) is 117 cm³/mol. The number of aromatic nitrogens is 1. The van der Waals surface area contributed by atoms with E-state index in [-0.39, 0.29) is 42.5 Å². The third-order valence-corrected chi connectivity index (χ3v) is 7.21. The van der Waals surface area contributed by atoms with Crippen LogP contribution in [0.1, 0.15) is 29.4 Å². The Hall–Kier alpha value is -2.06. The van der Waals surface area contributed by atoms with Crippen molar-refractivity contribution >= 4 is 49.9 Å². The zero-order chi connectivity index (χ0) is 21.9. The van der Waals surface area contributed by atoms with E-state index in [0.717, 1.165) is 5.56 Å². The van der Waals surface area contributed by atoms with E-state index in [1.165, 1.54) is 12.1 Å². The molecule has 0 atom stereocenters. The van der Waals surface area contributed by atoms with Gasteiger partial charge >= 0.3 is 5.97 Å². The second-order valence-electron chi connectivity index (χ2n) is 6.67. The van der Waals surface area contributed by atoms with Gasteiger partial charge in [-0.1, -0.05) is 35.3 Å². The minimum absolute atomic E-state index is 0.117. The lowest BCUT2D eigenvalue weighted by Gasteiger charge is -2.12. The molecule has 30 heavy (non-hydrogen) atoms. The van der Waals surface area contributed by atoms with Crippen molar-refractivity contribution in [3.05, 3.63) is 63.8 Å². The van der Waals surface area contributed by atoms with Crippen LogP contribution in [-0.4, -0.2) is 43.0 Å². The van der Waals surface area contributed by atoms with Gasteiger partial charge in [0.15, 0.2) is 9.84 Å². The highest BCUT2D eigenvalue weighted by molar-refractivity contribution is 7.91. The molecule has 0 aliphatic rings. The van der Waals surface area contributed by atoms with E-state index >= 15 is 0 Å². The Balaban J connectivity index is 2.18. The van der Waals surface area contributed by atoms with Gasteiger partial charge in [-0.3, -0.25) is 0 Å². The Morgan fingerprint density at radius 1 is 1.13 bits per heavy atom. The van der Waals surface area contributed by atoms with Gasteiger partial charge in [-0.15, -0.1) is 0 Å². The zero-order valence-electron chi connectivity index (χ0n) is 16.3. The Labute approximate surface area is 184 Å². The van der Waals surface area contributed by atoms with Gasteiger partial charge in [0.05, 0.1) is 32.8 Å². The van der Waals surface area contributed by atoms with E-state index in [4.69, 9.17) is 33.0 Å². The van der Waals surface area contributed by atoms with E-state index < -0.39 is 15.8 Å². The van der Waals surface area contributed by atoms with Crippen LogP contribution >= 0.6 is 23.2 Å². The molecule has 0 radical (unpaired) electrons. The molecule has 0 fully saturated rings. The average Bonchev–Trinajstić information content (AvgIpc) is 3.08. The van der Waals surface area contributed by atoms with E-state index in [1.807, 2.05) is 0 Å². The monoisotopic (exact) mass is 469 g/mol. The standard InChI is InChI=1S/C21H21Cl2NO5S/c1-2-29-21(26)19-12-15-18(5-3-6-20(15)30(27,28)10-4-9-25)24(19)13-14-7-8-16(22)17(23)11-14/h3,5-8,11-12,25H,2,4,9-10,13H2,1H3. The quantitative estimate of drug-likeness (QED) is 0.496. The summed E-state index contributed by atoms with van der Waals surface area (Å²) in [6.07, 6.45) is 0.132. The minimum Gasteiger partial charge on any atom is -0.461 e. The van der Waals surface area contributed by atoms with Crippen molar-refractivity contribution in [3.63, 3.8) is 0 Å². The van der Waals surface area contributed by atoms with Gasteiger partial charge in [0.25, 0.3) is 0 Å². The Morgan fingerprint density at radius 3 is 2.57 bits per heavy atom. The summed E-state index contributed by atoms with van der Waals surface area (Å²) in [4.78, 5) is 12.7. The smallest absolute Gasteiger partial charge is 0.354 e. The highest BCUT2D eigenvalue weighted by Crippen LogP contribution is 2.30. The number of carbonyl (C=O) groups excluding carboxylic acids is 1. The van der Waals surface area contributed by atoms with Gasteiger partial charge in [-0.05, 0) is 49.2 Å². The normalized spacial score (nSPS) is 11.7. The molecular weight excluding hydrogens is 449 g/mol. The van der Waals surface area contributed by atoms with Crippen LogP contribution in [0, 0.1) is 0 Å². The summed E-state index contributed by atoms with van der Waals surface area (Å²) in [5.41, 5.74) is 1.61. The summed E-state index contributed by atoms with van der Waals surface area (Å²) < 4.78 is 32.5. The fraction of sp³-hybridized carbons (Fsp3) is 0.286. The van der Waals surface area contributed by atoms with E-state index in [9.17, 15) is 13.2 Å². The number of aliphatic hydroxyl groups is 1. The highest BCUT2D eigenvalue weighted by atomic mass is 35.5. The number of hydrogen-bond acceptors (Lipinski definition) is 5. The lowest BCUT2D eigenvalue weighted by atomic mass is 10.2. The van der Waals surface area contributed by atoms with Crippen LogP contribution in [0.3, 0.4) is 0 Å². The molecule has 0 bridgehead atoms. The highest BCUT2D eigenvalue weighted by Gasteiger charge is 2.23. The molecule has 1 heterocycles. The largest absolute Gasteiger partial charge is 0.461 e. The Bertz CT molecular complexity index is 1190. The number of esters is 1. The summed E-state index contributed by atoms with van der Waals surface area (Å²) in [6, 6.07) is 11.6. The fourth-order valence-corrected chi connectivity index (χ4v) is 5.09. The van der Waals surface area contributed by atoms with Crippen molar-refractivity contribution in [1.82, 2.24) is 4.57 Å². The average molecular weight is 470 g/mol. The number of ether oxygens (including phenoxy) is 1. The summed E-state index contributed by atoms with van der Waals surface area (Å²) in [5, 5.41) is 10.3. The number of carbonyl (C=O) groups is 1. The van der Waals surface area contributed by atoms with Crippen molar-refractivity contribution in [3.8, 4) is 0 Å². The van der Waals surface area contributed by atoms with E-state index in [1.54, 1.807) is 41.8 Å². The summed E-state index contributed by atoms with van der Waals surface area (Å²) >= 11 is 12.1. The third kappa shape index (κ3) is 4.64. The minimum atomic E-state index is -3.64. The SMILES string of the molecule is CCOC(=O)c1cc2c(S(=O)(=O)CCCO)cccc2n1Cc1ccc(Cl)c(Cl)c1. The van der Waals surface area contributed by atoms with Crippen molar-refractivity contribution in [1.29, 1.82) is 0 Å². The molecule has 0 aliphatic carbocycles. The van der Waals surface area contributed by atoms with Gasteiger partial charge in [0.1, 0.15) is 5.69 Å². The fourth-order valence-electron chi connectivity index (χ4n) is 3.26. The van der Waals surface area contributed by atoms with Crippen LogP contribution in [-0.2, 0) is 21.1 Å². The first kappa shape index (κ1) is 22.6. The van der Waals surface area contributed by atoms with Crippen LogP contribution < -0.4 is 0 Å². The summed E-state index contributed by atoms with van der Waals surface area (Å²) in [7, 11) is -3.64. The van der Waals surface area contributed by atoms with E-state index in [0.29, 0.717) is 20.9 Å². The van der Waals surface area contributed by atoms with E-state index in [2.05, 4.69) is 0 Å². The molecule has 0 saturated carbocycles. The van der Waals surface area contributed by atoms with Gasteiger partial charge in [-0.2, -0.15) is 0 Å². The maximum Gasteiger partial charge on any atom is 0.354 e. The first-order valence-electron chi connectivity index (χ1n) is 9.35. The molecule has 0 saturated heterocycles. The molecule has 0 spiro atoms. The van der Waals surface area contributed by atoms with Crippen LogP contribution in [0.25, 0.3) is 10.9 Å². The molecule has 3 aromatic rings. The summed E-state index contributed by atoms with van der Waals surface area (Å²) in [6.45, 7) is 1.94. The van der Waals surface area contributed by atoms with Crippen LogP contribution in [0.5, 0.6) is 0 Å². The number of aliphatic hydroxyl groups excluding tert-OH is 1. The molecule has 0 unspecified atom stereocenters. The van der Waals surface area contributed by atoms with Gasteiger partial charge in [0, 0.05) is 18.5 Å². The second kappa shape index (κ2) is 9.39. The predicted octanol–water partition coefficient (Wildman–Crippen LogP) is 4.33. The first-order valence-corrected chi connectivity index (χ1v) is 11.8.